The van der Waals surface area contributed by atoms with Crippen molar-refractivity contribution in [2.75, 3.05) is 6.26 Å². The first-order valence-electron chi connectivity index (χ1n) is 6.37. The molecule has 0 aromatic carbocycles. The van der Waals surface area contributed by atoms with Gasteiger partial charge in [-0.2, -0.15) is 9.90 Å². The Hall–Kier alpha value is -1.84. The van der Waals surface area contributed by atoms with Gasteiger partial charge in [-0.1, -0.05) is 20.8 Å². The molecule has 2 aromatic rings. The number of nitrogens with zero attached hydrogens (tertiary/aromatic N) is 4. The summed E-state index contributed by atoms with van der Waals surface area (Å²) in [7, 11) is -3.89. The minimum atomic E-state index is -3.89. The van der Waals surface area contributed by atoms with Gasteiger partial charge < -0.3 is 4.42 Å². The second-order valence-corrected chi connectivity index (χ2v) is 7.79. The van der Waals surface area contributed by atoms with Crippen LogP contribution < -0.4 is 0 Å². The number of aromatic nitrogens is 4. The minimum Gasteiger partial charge on any atom is -0.443 e. The van der Waals surface area contributed by atoms with E-state index in [1.54, 1.807) is 0 Å². The lowest BCUT2D eigenvalue weighted by atomic mass is 9.94. The molecule has 0 aliphatic heterocycles. The SMILES string of the molecule is CC(C)(C)c1cnc(Cn2nc(C(F)F)c(S(C)(=O)=O)n2)o1. The average Bonchev–Trinajstić information content (AvgIpc) is 2.94. The van der Waals surface area contributed by atoms with E-state index in [0.29, 0.717) is 5.76 Å². The highest BCUT2D eigenvalue weighted by molar-refractivity contribution is 7.90. The molecule has 0 amide bonds. The second-order valence-electron chi connectivity index (χ2n) is 5.86. The summed E-state index contributed by atoms with van der Waals surface area (Å²) in [4.78, 5) is 4.86. The maximum Gasteiger partial charge on any atom is 0.285 e. The van der Waals surface area contributed by atoms with Gasteiger partial charge in [-0.05, 0) is 0 Å². The van der Waals surface area contributed by atoms with E-state index < -0.39 is 27.0 Å². The van der Waals surface area contributed by atoms with E-state index in [1.165, 1.54) is 6.20 Å². The van der Waals surface area contributed by atoms with E-state index in [1.807, 2.05) is 20.8 Å². The monoisotopic (exact) mass is 334 g/mol. The molecule has 0 unspecified atom stereocenters. The molecule has 10 heteroatoms. The van der Waals surface area contributed by atoms with Crippen molar-refractivity contribution in [2.45, 2.75) is 44.2 Å². The highest BCUT2D eigenvalue weighted by atomic mass is 32.2. The zero-order valence-corrected chi connectivity index (χ0v) is 13.4. The molecular formula is C12H16F2N4O3S. The van der Waals surface area contributed by atoms with Crippen molar-refractivity contribution in [1.29, 1.82) is 0 Å². The van der Waals surface area contributed by atoms with Crippen molar-refractivity contribution in [3.05, 3.63) is 23.5 Å². The van der Waals surface area contributed by atoms with Crippen LogP contribution in [0.25, 0.3) is 0 Å². The van der Waals surface area contributed by atoms with E-state index in [9.17, 15) is 17.2 Å². The highest BCUT2D eigenvalue weighted by Gasteiger charge is 2.27. The van der Waals surface area contributed by atoms with Crippen molar-refractivity contribution < 1.29 is 21.6 Å². The van der Waals surface area contributed by atoms with Crippen molar-refractivity contribution in [2.24, 2.45) is 0 Å². The lowest BCUT2D eigenvalue weighted by molar-refractivity contribution is 0.141. The Bertz CT molecular complexity index is 775. The molecule has 22 heavy (non-hydrogen) atoms. The highest BCUT2D eigenvalue weighted by Crippen LogP contribution is 2.24. The topological polar surface area (TPSA) is 90.9 Å². The summed E-state index contributed by atoms with van der Waals surface area (Å²) in [6.45, 7) is 5.66. The van der Waals surface area contributed by atoms with Crippen LogP contribution in [0.3, 0.4) is 0 Å². The van der Waals surface area contributed by atoms with Crippen molar-refractivity contribution in [3.63, 3.8) is 0 Å². The Labute approximate surface area is 126 Å². The van der Waals surface area contributed by atoms with E-state index in [2.05, 4.69) is 15.2 Å². The van der Waals surface area contributed by atoms with Gasteiger partial charge in [0.1, 0.15) is 12.3 Å². The van der Waals surface area contributed by atoms with Crippen LogP contribution in [0, 0.1) is 0 Å². The predicted octanol–water partition coefficient (Wildman–Crippen LogP) is 1.95. The fourth-order valence-corrected chi connectivity index (χ4v) is 2.42. The van der Waals surface area contributed by atoms with Crippen LogP contribution in [0.5, 0.6) is 0 Å². The van der Waals surface area contributed by atoms with E-state index in [-0.39, 0.29) is 17.9 Å². The zero-order valence-electron chi connectivity index (χ0n) is 12.5. The van der Waals surface area contributed by atoms with Crippen LogP contribution in [0.15, 0.2) is 15.6 Å². The number of alkyl halides is 2. The molecule has 2 heterocycles. The smallest absolute Gasteiger partial charge is 0.285 e. The molecule has 0 N–H and O–H groups in total. The molecule has 2 rings (SSSR count). The third-order valence-corrected chi connectivity index (χ3v) is 3.77. The number of sulfone groups is 1. The number of halogens is 2. The summed E-state index contributed by atoms with van der Waals surface area (Å²) in [5, 5.41) is 6.39. The maximum absolute atomic E-state index is 12.9. The normalized spacial score (nSPS) is 13.0. The van der Waals surface area contributed by atoms with Gasteiger partial charge >= 0.3 is 0 Å². The Morgan fingerprint density at radius 1 is 1.32 bits per heavy atom. The first-order chi connectivity index (χ1) is 9.98. The molecule has 0 spiro atoms. The maximum atomic E-state index is 12.9. The van der Waals surface area contributed by atoms with Gasteiger partial charge in [0.05, 0.1) is 6.20 Å². The summed E-state index contributed by atoms with van der Waals surface area (Å²) in [6.07, 6.45) is -0.700. The van der Waals surface area contributed by atoms with Crippen LogP contribution >= 0.6 is 0 Å². The van der Waals surface area contributed by atoms with Crippen LogP contribution in [-0.4, -0.2) is 34.7 Å². The van der Waals surface area contributed by atoms with E-state index >= 15 is 0 Å². The van der Waals surface area contributed by atoms with Crippen LogP contribution in [0.1, 0.15) is 44.5 Å². The molecule has 7 nitrogen and oxygen atoms in total. The Morgan fingerprint density at radius 2 is 1.95 bits per heavy atom. The van der Waals surface area contributed by atoms with E-state index in [0.717, 1.165) is 11.1 Å². The lowest BCUT2D eigenvalue weighted by Gasteiger charge is -2.12. The van der Waals surface area contributed by atoms with Crippen molar-refractivity contribution in [1.82, 2.24) is 20.0 Å². The molecular weight excluding hydrogens is 318 g/mol. The number of hydrogen-bond acceptors (Lipinski definition) is 6. The number of oxazole rings is 1. The third kappa shape index (κ3) is 3.49. The number of hydrogen-bond donors (Lipinski definition) is 0. The van der Waals surface area contributed by atoms with Gasteiger partial charge in [0.15, 0.2) is 15.5 Å². The molecule has 0 radical (unpaired) electrons. The van der Waals surface area contributed by atoms with Crippen molar-refractivity contribution >= 4 is 9.84 Å². The molecule has 122 valence electrons. The molecule has 2 aromatic heterocycles. The minimum absolute atomic E-state index is 0.134. The fraction of sp³-hybridized carbons (Fsp3) is 0.583. The van der Waals surface area contributed by atoms with Gasteiger partial charge in [0, 0.05) is 11.7 Å². The fourth-order valence-electron chi connectivity index (χ4n) is 1.67. The number of rotatable bonds is 4. The van der Waals surface area contributed by atoms with Gasteiger partial charge in [-0.3, -0.25) is 0 Å². The molecule has 0 bridgehead atoms. The molecule has 0 saturated heterocycles. The van der Waals surface area contributed by atoms with Crippen LogP contribution in [0.2, 0.25) is 0 Å². The molecule has 0 saturated carbocycles. The second kappa shape index (κ2) is 5.41. The van der Waals surface area contributed by atoms with Gasteiger partial charge in [-0.15, -0.1) is 5.10 Å². The first-order valence-corrected chi connectivity index (χ1v) is 8.26. The van der Waals surface area contributed by atoms with Gasteiger partial charge in [-0.25, -0.2) is 22.2 Å². The zero-order chi connectivity index (χ0) is 16.7. The summed E-state index contributed by atoms with van der Waals surface area (Å²) < 4.78 is 54.1. The Morgan fingerprint density at radius 3 is 2.36 bits per heavy atom. The summed E-state index contributed by atoms with van der Waals surface area (Å²) in [5.41, 5.74) is -1.13. The summed E-state index contributed by atoms with van der Waals surface area (Å²) >= 11 is 0. The predicted molar refractivity (Wildman–Crippen MR) is 72.4 cm³/mol. The standard InChI is InChI=1S/C12H16F2N4O3S/c1-12(2,3)7-5-15-8(21-7)6-18-16-9(10(13)14)11(17-18)22(4,19)20/h5,10H,6H2,1-4H3. The summed E-state index contributed by atoms with van der Waals surface area (Å²) in [5.74, 6) is 0.827. The van der Waals surface area contributed by atoms with Gasteiger partial charge in [0.25, 0.3) is 6.43 Å². The largest absolute Gasteiger partial charge is 0.443 e. The third-order valence-electron chi connectivity index (χ3n) is 2.78. The first kappa shape index (κ1) is 16.5. The molecule has 0 atom stereocenters. The van der Waals surface area contributed by atoms with E-state index in [4.69, 9.17) is 4.42 Å². The van der Waals surface area contributed by atoms with Crippen LogP contribution in [-0.2, 0) is 21.8 Å². The van der Waals surface area contributed by atoms with Crippen LogP contribution in [0.4, 0.5) is 8.78 Å². The molecule has 0 aliphatic carbocycles. The lowest BCUT2D eigenvalue weighted by Crippen LogP contribution is -2.09. The van der Waals surface area contributed by atoms with Gasteiger partial charge in [0.2, 0.25) is 10.9 Å². The Balaban J connectivity index is 2.33. The molecule has 0 aliphatic rings. The summed E-state index contributed by atoms with van der Waals surface area (Å²) in [6, 6.07) is 0. The average molecular weight is 334 g/mol. The Kier molecular flexibility index (Phi) is 4.07. The quantitative estimate of drug-likeness (QED) is 0.849. The van der Waals surface area contributed by atoms with Crippen molar-refractivity contribution in [3.8, 4) is 0 Å². The molecule has 0 fully saturated rings.